The molecule has 2 nitrogen and oxygen atoms in total. The van der Waals surface area contributed by atoms with E-state index < -0.39 is 11.7 Å². The number of phenols is 1. The predicted octanol–water partition coefficient (Wildman–Crippen LogP) is 5.62. The van der Waals surface area contributed by atoms with Crippen molar-refractivity contribution in [2.75, 3.05) is 0 Å². The summed E-state index contributed by atoms with van der Waals surface area (Å²) in [4.78, 5) is 0. The lowest BCUT2D eigenvalue weighted by molar-refractivity contribution is -0.137. The fraction of sp³-hybridized carbons (Fsp3) is 0.0714. The van der Waals surface area contributed by atoms with Crippen LogP contribution >= 0.6 is 23.6 Å². The van der Waals surface area contributed by atoms with Crippen LogP contribution in [-0.2, 0) is 6.18 Å². The van der Waals surface area contributed by atoms with Gasteiger partial charge in [-0.2, -0.15) is 13.2 Å². The van der Waals surface area contributed by atoms with Gasteiger partial charge in [0.1, 0.15) is 5.75 Å². The fourth-order valence-electron chi connectivity index (χ4n) is 2.04. The molecule has 0 aliphatic rings. The van der Waals surface area contributed by atoms with Crippen LogP contribution in [0.25, 0.3) is 21.4 Å². The molecule has 0 aliphatic carbocycles. The van der Waals surface area contributed by atoms with E-state index in [1.807, 2.05) is 0 Å². The van der Waals surface area contributed by atoms with Gasteiger partial charge >= 0.3 is 6.18 Å². The van der Waals surface area contributed by atoms with Crippen molar-refractivity contribution in [3.8, 4) is 16.9 Å². The molecule has 0 spiro atoms. The standard InChI is InChI=1S/C14H7F3O2S2/c15-14(16,17)8-3-1-2-7(4-8)10-5-9(18)6-11-12(10)19-13(20)21-11/h1-6,18H. The smallest absolute Gasteiger partial charge is 0.416 e. The lowest BCUT2D eigenvalue weighted by Crippen LogP contribution is -2.04. The van der Waals surface area contributed by atoms with Crippen molar-refractivity contribution in [2.24, 2.45) is 0 Å². The summed E-state index contributed by atoms with van der Waals surface area (Å²) < 4.78 is 44.6. The van der Waals surface area contributed by atoms with Crippen LogP contribution in [0, 0.1) is 4.02 Å². The van der Waals surface area contributed by atoms with E-state index >= 15 is 0 Å². The van der Waals surface area contributed by atoms with Crippen molar-refractivity contribution in [1.29, 1.82) is 0 Å². The minimum Gasteiger partial charge on any atom is -0.508 e. The summed E-state index contributed by atoms with van der Waals surface area (Å²) >= 11 is 6.09. The van der Waals surface area contributed by atoms with E-state index in [9.17, 15) is 18.3 Å². The molecular formula is C14H7F3O2S2. The zero-order chi connectivity index (χ0) is 15.2. The molecule has 0 saturated heterocycles. The molecule has 108 valence electrons. The zero-order valence-electron chi connectivity index (χ0n) is 10.3. The summed E-state index contributed by atoms with van der Waals surface area (Å²) in [6, 6.07) is 7.69. The number of hydrogen-bond donors (Lipinski definition) is 1. The van der Waals surface area contributed by atoms with E-state index in [1.54, 1.807) is 0 Å². The van der Waals surface area contributed by atoms with Crippen molar-refractivity contribution in [1.82, 2.24) is 0 Å². The van der Waals surface area contributed by atoms with Gasteiger partial charge in [0, 0.05) is 11.6 Å². The van der Waals surface area contributed by atoms with E-state index in [0.717, 1.165) is 23.5 Å². The van der Waals surface area contributed by atoms with Crippen LogP contribution in [-0.4, -0.2) is 5.11 Å². The number of phenolic OH excluding ortho intramolecular Hbond substituents is 1. The lowest BCUT2D eigenvalue weighted by Gasteiger charge is -2.09. The average Bonchev–Trinajstić information content (AvgIpc) is 2.77. The van der Waals surface area contributed by atoms with Gasteiger partial charge in [0.25, 0.3) is 0 Å². The van der Waals surface area contributed by atoms with E-state index in [0.29, 0.717) is 21.4 Å². The van der Waals surface area contributed by atoms with Gasteiger partial charge in [-0.25, -0.2) is 0 Å². The Morgan fingerprint density at radius 1 is 1.14 bits per heavy atom. The second-order valence-electron chi connectivity index (χ2n) is 4.35. The fourth-order valence-corrected chi connectivity index (χ4v) is 3.12. The van der Waals surface area contributed by atoms with E-state index in [-0.39, 0.29) is 9.77 Å². The Morgan fingerprint density at radius 3 is 2.62 bits per heavy atom. The first-order chi connectivity index (χ1) is 9.84. The molecule has 1 heterocycles. The summed E-state index contributed by atoms with van der Waals surface area (Å²) in [5.41, 5.74) is 0.304. The molecule has 0 radical (unpaired) electrons. The summed E-state index contributed by atoms with van der Waals surface area (Å²) in [7, 11) is 0. The van der Waals surface area contributed by atoms with Gasteiger partial charge in [-0.05, 0) is 36.0 Å². The van der Waals surface area contributed by atoms with E-state index in [4.69, 9.17) is 16.6 Å². The molecule has 3 rings (SSSR count). The Balaban J connectivity index is 2.27. The van der Waals surface area contributed by atoms with Gasteiger partial charge in [-0.1, -0.05) is 23.5 Å². The van der Waals surface area contributed by atoms with Crippen LogP contribution in [0.1, 0.15) is 5.56 Å². The monoisotopic (exact) mass is 328 g/mol. The van der Waals surface area contributed by atoms with Crippen molar-refractivity contribution < 1.29 is 22.7 Å². The maximum atomic E-state index is 12.8. The Hall–Kier alpha value is -1.86. The molecule has 1 aromatic heterocycles. The summed E-state index contributed by atoms with van der Waals surface area (Å²) in [5.74, 6) is -0.0537. The third-order valence-electron chi connectivity index (χ3n) is 2.92. The van der Waals surface area contributed by atoms with Gasteiger partial charge < -0.3 is 9.52 Å². The molecule has 0 atom stereocenters. The highest BCUT2D eigenvalue weighted by Gasteiger charge is 2.30. The van der Waals surface area contributed by atoms with Crippen LogP contribution in [0.4, 0.5) is 13.2 Å². The van der Waals surface area contributed by atoms with Gasteiger partial charge in [0.15, 0.2) is 5.58 Å². The van der Waals surface area contributed by atoms with E-state index in [2.05, 4.69) is 0 Å². The van der Waals surface area contributed by atoms with Gasteiger partial charge in [-0.15, -0.1) is 0 Å². The Labute approximate surface area is 126 Å². The molecule has 0 unspecified atom stereocenters. The second-order valence-corrected chi connectivity index (χ2v) is 6.00. The molecule has 0 fully saturated rings. The predicted molar refractivity (Wildman–Crippen MR) is 77.0 cm³/mol. The Bertz CT molecular complexity index is 878. The minimum atomic E-state index is -4.43. The molecule has 1 N–H and O–H groups in total. The number of rotatable bonds is 1. The second kappa shape index (κ2) is 4.85. The highest BCUT2D eigenvalue weighted by molar-refractivity contribution is 7.73. The lowest BCUT2D eigenvalue weighted by atomic mass is 10.0. The first-order valence-electron chi connectivity index (χ1n) is 5.79. The van der Waals surface area contributed by atoms with Gasteiger partial charge in [-0.3, -0.25) is 0 Å². The van der Waals surface area contributed by atoms with Crippen LogP contribution < -0.4 is 0 Å². The van der Waals surface area contributed by atoms with Crippen molar-refractivity contribution >= 4 is 33.8 Å². The maximum Gasteiger partial charge on any atom is 0.416 e. The van der Waals surface area contributed by atoms with Crippen molar-refractivity contribution in [3.05, 3.63) is 46.0 Å². The van der Waals surface area contributed by atoms with Gasteiger partial charge in [0.2, 0.25) is 4.02 Å². The molecular weight excluding hydrogens is 321 g/mol. The summed E-state index contributed by atoms with van der Waals surface area (Å²) in [5, 5.41) is 9.72. The molecule has 7 heteroatoms. The van der Waals surface area contributed by atoms with Crippen molar-refractivity contribution in [2.45, 2.75) is 6.18 Å². The highest BCUT2D eigenvalue weighted by Crippen LogP contribution is 2.38. The largest absolute Gasteiger partial charge is 0.508 e. The topological polar surface area (TPSA) is 33.4 Å². The first kappa shape index (κ1) is 14.1. The molecule has 0 aliphatic heterocycles. The third-order valence-corrected chi connectivity index (χ3v) is 4.03. The summed E-state index contributed by atoms with van der Waals surface area (Å²) in [6.45, 7) is 0. The molecule has 0 saturated carbocycles. The molecule has 0 amide bonds. The Morgan fingerprint density at radius 2 is 1.90 bits per heavy atom. The minimum absolute atomic E-state index is 0.0537. The number of hydrogen-bond acceptors (Lipinski definition) is 4. The number of aromatic hydroxyl groups is 1. The number of benzene rings is 2. The number of fused-ring (bicyclic) bond motifs is 1. The SMILES string of the molecule is Oc1cc(-c2cccc(C(F)(F)F)c2)c2oc(=S)sc2c1. The van der Waals surface area contributed by atoms with Crippen molar-refractivity contribution in [3.63, 3.8) is 0 Å². The highest BCUT2D eigenvalue weighted by atomic mass is 32.1. The first-order valence-corrected chi connectivity index (χ1v) is 7.01. The van der Waals surface area contributed by atoms with Crippen LogP contribution in [0.15, 0.2) is 40.8 Å². The number of alkyl halides is 3. The van der Waals surface area contributed by atoms with Crippen LogP contribution in [0.2, 0.25) is 0 Å². The van der Waals surface area contributed by atoms with E-state index in [1.165, 1.54) is 24.3 Å². The van der Waals surface area contributed by atoms with Crippen LogP contribution in [0.5, 0.6) is 5.75 Å². The summed E-state index contributed by atoms with van der Waals surface area (Å²) in [6.07, 6.45) is -4.43. The molecule has 3 aromatic rings. The molecule has 0 bridgehead atoms. The Kier molecular flexibility index (Phi) is 3.26. The average molecular weight is 328 g/mol. The third kappa shape index (κ3) is 2.66. The number of halogens is 3. The maximum absolute atomic E-state index is 12.8. The zero-order valence-corrected chi connectivity index (χ0v) is 11.9. The normalized spacial score (nSPS) is 12.0. The quantitative estimate of drug-likeness (QED) is 0.589. The molecule has 2 aromatic carbocycles. The van der Waals surface area contributed by atoms with Crippen LogP contribution in [0.3, 0.4) is 0 Å². The molecule has 21 heavy (non-hydrogen) atoms. The van der Waals surface area contributed by atoms with Gasteiger partial charge in [0.05, 0.1) is 10.3 Å².